The topological polar surface area (TPSA) is 25.8 Å². The van der Waals surface area contributed by atoms with E-state index in [1.165, 1.54) is 82.6 Å². The monoisotopic (exact) mass is 440 g/mol. The summed E-state index contributed by atoms with van der Waals surface area (Å²) in [7, 11) is 0. The maximum Gasteiger partial charge on any atom is 0.128 e. The molecule has 0 amide bonds. The van der Waals surface area contributed by atoms with E-state index in [2.05, 4.69) is 42.0 Å². The summed E-state index contributed by atoms with van der Waals surface area (Å²) in [6, 6.07) is 6.43. The van der Waals surface area contributed by atoms with Crippen molar-refractivity contribution in [3.05, 3.63) is 47.0 Å². The van der Waals surface area contributed by atoms with Crippen molar-refractivity contribution >= 4 is 11.6 Å². The van der Waals surface area contributed by atoms with Crippen molar-refractivity contribution in [2.75, 3.05) is 0 Å². The predicted molar refractivity (Wildman–Crippen MR) is 134 cm³/mol. The van der Waals surface area contributed by atoms with Crippen LogP contribution in [0.15, 0.2) is 30.6 Å². The number of unbranched alkanes of at least 4 members (excludes halogenated alkanes) is 4. The average Bonchev–Trinajstić information content (AvgIpc) is 2.79. The minimum absolute atomic E-state index is 0.807. The molecule has 2 aromatic rings. The summed E-state index contributed by atoms with van der Waals surface area (Å²) in [5.74, 6) is 2.82. The zero-order chi connectivity index (χ0) is 21.9. The second-order valence-electron chi connectivity index (χ2n) is 9.58. The first-order chi connectivity index (χ1) is 15.2. The summed E-state index contributed by atoms with van der Waals surface area (Å²) < 4.78 is 0. The van der Waals surface area contributed by atoms with Crippen molar-refractivity contribution < 1.29 is 0 Å². The van der Waals surface area contributed by atoms with Crippen molar-refractivity contribution in [2.45, 2.75) is 104 Å². The quantitative estimate of drug-likeness (QED) is 0.308. The highest BCUT2D eigenvalue weighted by atomic mass is 35.5. The molecule has 1 saturated carbocycles. The molecule has 170 valence electrons. The summed E-state index contributed by atoms with van der Waals surface area (Å²) >= 11 is 6.58. The van der Waals surface area contributed by atoms with Crippen LogP contribution in [0.2, 0.25) is 5.02 Å². The third kappa shape index (κ3) is 7.90. The van der Waals surface area contributed by atoms with Gasteiger partial charge in [-0.2, -0.15) is 0 Å². The Hall–Kier alpha value is -1.41. The summed E-state index contributed by atoms with van der Waals surface area (Å²) in [6.07, 6.45) is 22.3. The Bertz CT molecular complexity index is 763. The van der Waals surface area contributed by atoms with E-state index >= 15 is 0 Å². The first-order valence-electron chi connectivity index (χ1n) is 12.8. The van der Waals surface area contributed by atoms with E-state index in [0.717, 1.165) is 46.7 Å². The van der Waals surface area contributed by atoms with Crippen LogP contribution in [-0.4, -0.2) is 9.97 Å². The van der Waals surface area contributed by atoms with E-state index in [9.17, 15) is 0 Å². The third-order valence-electron chi connectivity index (χ3n) is 7.08. The zero-order valence-corrected chi connectivity index (χ0v) is 20.5. The van der Waals surface area contributed by atoms with Crippen LogP contribution in [0.3, 0.4) is 0 Å². The van der Waals surface area contributed by atoms with E-state index in [1.807, 2.05) is 12.4 Å². The number of nitrogens with zero attached hydrogens (tertiary/aromatic N) is 2. The van der Waals surface area contributed by atoms with Crippen molar-refractivity contribution in [2.24, 2.45) is 11.8 Å². The van der Waals surface area contributed by atoms with Crippen LogP contribution in [-0.2, 0) is 12.8 Å². The second-order valence-corrected chi connectivity index (χ2v) is 9.99. The second kappa shape index (κ2) is 13.2. The van der Waals surface area contributed by atoms with Gasteiger partial charge in [0.1, 0.15) is 5.82 Å². The fourth-order valence-corrected chi connectivity index (χ4v) is 5.29. The van der Waals surface area contributed by atoms with E-state index < -0.39 is 0 Å². The summed E-state index contributed by atoms with van der Waals surface area (Å²) in [4.78, 5) is 9.32. The molecule has 0 aliphatic heterocycles. The molecule has 1 aromatic heterocycles. The highest BCUT2D eigenvalue weighted by Gasteiger charge is 2.21. The fourth-order valence-electron chi connectivity index (χ4n) is 4.98. The number of halogens is 1. The van der Waals surface area contributed by atoms with Gasteiger partial charge < -0.3 is 0 Å². The van der Waals surface area contributed by atoms with Gasteiger partial charge in [0, 0.05) is 35.0 Å². The largest absolute Gasteiger partial charge is 0.241 e. The van der Waals surface area contributed by atoms with E-state index in [4.69, 9.17) is 11.6 Å². The lowest BCUT2D eigenvalue weighted by Gasteiger charge is -2.28. The molecule has 0 radical (unpaired) electrons. The molecule has 0 saturated heterocycles. The molecular weight excluding hydrogens is 400 g/mol. The lowest BCUT2D eigenvalue weighted by Crippen LogP contribution is -2.15. The predicted octanol–water partition coefficient (Wildman–Crippen LogP) is 8.85. The molecule has 1 aliphatic carbocycles. The molecule has 0 bridgehead atoms. The standard InChI is InChI=1S/C28H41ClN2/c1-3-5-7-9-22-11-13-23(14-12-22)16-18-28-30-20-25(21-31-28)26-17-15-24(19-27(26)29)10-8-6-4-2/h15,17,19-23H,3-14,16,18H2,1-2H3/t22-,23-. The van der Waals surface area contributed by atoms with Crippen LogP contribution in [0.4, 0.5) is 0 Å². The molecule has 31 heavy (non-hydrogen) atoms. The summed E-state index contributed by atoms with van der Waals surface area (Å²) in [6.45, 7) is 4.53. The minimum atomic E-state index is 0.807. The Kier molecular flexibility index (Phi) is 10.3. The molecule has 0 atom stereocenters. The van der Waals surface area contributed by atoms with Crippen LogP contribution < -0.4 is 0 Å². The third-order valence-corrected chi connectivity index (χ3v) is 7.39. The number of hydrogen-bond acceptors (Lipinski definition) is 2. The summed E-state index contributed by atoms with van der Waals surface area (Å²) in [5.41, 5.74) is 3.37. The smallest absolute Gasteiger partial charge is 0.128 e. The van der Waals surface area contributed by atoms with E-state index in [-0.39, 0.29) is 0 Å². The van der Waals surface area contributed by atoms with Crippen molar-refractivity contribution in [3.8, 4) is 11.1 Å². The number of aryl methyl sites for hydroxylation is 2. The molecule has 0 N–H and O–H groups in total. The van der Waals surface area contributed by atoms with Gasteiger partial charge in [-0.25, -0.2) is 9.97 Å². The average molecular weight is 441 g/mol. The number of benzene rings is 1. The summed E-state index contributed by atoms with van der Waals surface area (Å²) in [5, 5.41) is 0.807. The number of hydrogen-bond donors (Lipinski definition) is 0. The molecule has 1 aliphatic rings. The van der Waals surface area contributed by atoms with Crippen molar-refractivity contribution in [1.29, 1.82) is 0 Å². The SMILES string of the molecule is CCCCCc1ccc(-c2cnc(CC[C@H]3CC[C@H](CCCCC)CC3)nc2)c(Cl)c1. The highest BCUT2D eigenvalue weighted by Crippen LogP contribution is 2.34. The van der Waals surface area contributed by atoms with Crippen LogP contribution in [0.1, 0.15) is 102 Å². The maximum absolute atomic E-state index is 6.58. The van der Waals surface area contributed by atoms with Gasteiger partial charge in [-0.3, -0.25) is 0 Å². The van der Waals surface area contributed by atoms with E-state index in [0.29, 0.717) is 0 Å². The molecule has 2 nitrogen and oxygen atoms in total. The van der Waals surface area contributed by atoms with Gasteiger partial charge >= 0.3 is 0 Å². The molecule has 1 heterocycles. The van der Waals surface area contributed by atoms with Gasteiger partial charge in [-0.1, -0.05) is 102 Å². The van der Waals surface area contributed by atoms with Crippen LogP contribution >= 0.6 is 11.6 Å². The van der Waals surface area contributed by atoms with Crippen LogP contribution in [0, 0.1) is 11.8 Å². The molecule has 1 aromatic carbocycles. The van der Waals surface area contributed by atoms with Gasteiger partial charge in [0.25, 0.3) is 0 Å². The lowest BCUT2D eigenvalue weighted by molar-refractivity contribution is 0.248. The Morgan fingerprint density at radius 1 is 0.806 bits per heavy atom. The van der Waals surface area contributed by atoms with Crippen LogP contribution in [0.5, 0.6) is 0 Å². The van der Waals surface area contributed by atoms with Gasteiger partial charge in [-0.05, 0) is 42.7 Å². The zero-order valence-electron chi connectivity index (χ0n) is 19.7. The molecule has 1 fully saturated rings. The first-order valence-corrected chi connectivity index (χ1v) is 13.2. The lowest BCUT2D eigenvalue weighted by atomic mass is 9.78. The Labute approximate surface area is 195 Å². The van der Waals surface area contributed by atoms with Crippen molar-refractivity contribution in [1.82, 2.24) is 9.97 Å². The van der Waals surface area contributed by atoms with Crippen molar-refractivity contribution in [3.63, 3.8) is 0 Å². The van der Waals surface area contributed by atoms with Gasteiger partial charge in [-0.15, -0.1) is 0 Å². The Morgan fingerprint density at radius 2 is 1.45 bits per heavy atom. The maximum atomic E-state index is 6.58. The van der Waals surface area contributed by atoms with Gasteiger partial charge in [0.2, 0.25) is 0 Å². The Morgan fingerprint density at radius 3 is 2.10 bits per heavy atom. The van der Waals surface area contributed by atoms with Gasteiger partial charge in [0.15, 0.2) is 0 Å². The molecule has 3 heteroatoms. The van der Waals surface area contributed by atoms with E-state index in [1.54, 1.807) is 0 Å². The Balaban J connectivity index is 1.45. The van der Waals surface area contributed by atoms with Gasteiger partial charge in [0.05, 0.1) is 0 Å². The molecule has 3 rings (SSSR count). The fraction of sp³-hybridized carbons (Fsp3) is 0.643. The molecule has 0 spiro atoms. The number of aromatic nitrogens is 2. The molecule has 0 unspecified atom stereocenters. The minimum Gasteiger partial charge on any atom is -0.241 e. The molecular formula is C28H41ClN2. The first kappa shape index (κ1) is 24.2. The highest BCUT2D eigenvalue weighted by molar-refractivity contribution is 6.33. The van der Waals surface area contributed by atoms with Crippen LogP contribution in [0.25, 0.3) is 11.1 Å². The number of rotatable bonds is 12. The normalized spacial score (nSPS) is 18.9.